The van der Waals surface area contributed by atoms with Crippen LogP contribution in [0.5, 0.6) is 5.75 Å². The summed E-state index contributed by atoms with van der Waals surface area (Å²) in [5, 5.41) is 3.32. The van der Waals surface area contributed by atoms with Crippen molar-refractivity contribution in [3.8, 4) is 5.75 Å². The summed E-state index contributed by atoms with van der Waals surface area (Å²) in [6, 6.07) is 5.31. The molecule has 1 aliphatic rings. The van der Waals surface area contributed by atoms with Gasteiger partial charge in [-0.3, -0.25) is 0 Å². The molecule has 1 aliphatic heterocycles. The van der Waals surface area contributed by atoms with E-state index in [1.165, 1.54) is 0 Å². The molecule has 2 rings (SSSR count). The minimum absolute atomic E-state index is 0.145. The van der Waals surface area contributed by atoms with E-state index < -0.39 is 0 Å². The molecule has 0 saturated carbocycles. The van der Waals surface area contributed by atoms with Crippen molar-refractivity contribution in [1.82, 2.24) is 5.32 Å². The fraction of sp³-hybridized carbons (Fsp3) is 0.538. The van der Waals surface area contributed by atoms with Gasteiger partial charge in [0.2, 0.25) is 0 Å². The maximum absolute atomic E-state index is 13.7. The Morgan fingerprint density at radius 3 is 3.06 bits per heavy atom. The third-order valence-corrected chi connectivity index (χ3v) is 2.97. The molecule has 88 valence electrons. The van der Waals surface area contributed by atoms with Gasteiger partial charge in [-0.25, -0.2) is 4.39 Å². The van der Waals surface area contributed by atoms with E-state index in [1.807, 2.05) is 6.07 Å². The molecule has 1 N–H and O–H groups in total. The van der Waals surface area contributed by atoms with Crippen LogP contribution in [0.2, 0.25) is 0 Å². The zero-order chi connectivity index (χ0) is 11.4. The molecule has 0 amide bonds. The minimum Gasteiger partial charge on any atom is -0.487 e. The van der Waals surface area contributed by atoms with Crippen LogP contribution in [0.4, 0.5) is 4.39 Å². The van der Waals surface area contributed by atoms with Gasteiger partial charge in [0.15, 0.2) is 11.6 Å². The molecule has 0 radical (unpaired) electrons. The third-order valence-electron chi connectivity index (χ3n) is 2.97. The first-order valence-corrected chi connectivity index (χ1v) is 5.90. The first kappa shape index (κ1) is 11.4. The van der Waals surface area contributed by atoms with E-state index in [9.17, 15) is 4.39 Å². The SMILES string of the molecule is Cc1cccc(OC2CCCNCC2)c1F. The lowest BCUT2D eigenvalue weighted by Gasteiger charge is -2.17. The van der Waals surface area contributed by atoms with Crippen LogP contribution in [-0.2, 0) is 0 Å². The van der Waals surface area contributed by atoms with Gasteiger partial charge in [-0.15, -0.1) is 0 Å². The molecule has 1 heterocycles. The Bertz CT molecular complexity index is 346. The van der Waals surface area contributed by atoms with Crippen LogP contribution in [0, 0.1) is 12.7 Å². The number of aryl methyl sites for hydroxylation is 1. The highest BCUT2D eigenvalue weighted by Crippen LogP contribution is 2.23. The molecule has 0 aromatic heterocycles. The normalized spacial score (nSPS) is 21.5. The number of hydrogen-bond donors (Lipinski definition) is 1. The molecule has 1 saturated heterocycles. The molecular formula is C13H18FNO. The standard InChI is InChI=1S/C13H18FNO/c1-10-4-2-6-12(13(10)14)16-11-5-3-8-15-9-7-11/h2,4,6,11,15H,3,5,7-9H2,1H3. The van der Waals surface area contributed by atoms with E-state index in [0.717, 1.165) is 32.4 Å². The summed E-state index contributed by atoms with van der Waals surface area (Å²) in [4.78, 5) is 0. The smallest absolute Gasteiger partial charge is 0.167 e. The molecule has 16 heavy (non-hydrogen) atoms. The van der Waals surface area contributed by atoms with Crippen molar-refractivity contribution in [3.05, 3.63) is 29.6 Å². The van der Waals surface area contributed by atoms with Crippen LogP contribution in [0.15, 0.2) is 18.2 Å². The van der Waals surface area contributed by atoms with Gasteiger partial charge in [-0.2, -0.15) is 0 Å². The maximum Gasteiger partial charge on any atom is 0.167 e. The summed E-state index contributed by atoms with van der Waals surface area (Å²) in [6.45, 7) is 3.76. The Kier molecular flexibility index (Phi) is 3.78. The molecule has 2 nitrogen and oxygen atoms in total. The molecule has 3 heteroatoms. The third kappa shape index (κ3) is 2.73. The largest absolute Gasteiger partial charge is 0.487 e. The quantitative estimate of drug-likeness (QED) is 0.832. The van der Waals surface area contributed by atoms with E-state index in [0.29, 0.717) is 11.3 Å². The second-order valence-corrected chi connectivity index (χ2v) is 4.31. The molecule has 1 atom stereocenters. The molecule has 1 unspecified atom stereocenters. The summed E-state index contributed by atoms with van der Waals surface area (Å²) < 4.78 is 19.4. The molecule has 1 fully saturated rings. The van der Waals surface area contributed by atoms with Crippen LogP contribution in [0.25, 0.3) is 0 Å². The number of nitrogens with one attached hydrogen (secondary N) is 1. The van der Waals surface area contributed by atoms with Crippen molar-refractivity contribution in [2.75, 3.05) is 13.1 Å². The zero-order valence-corrected chi connectivity index (χ0v) is 9.63. The van der Waals surface area contributed by atoms with Crippen molar-refractivity contribution in [1.29, 1.82) is 0 Å². The highest BCUT2D eigenvalue weighted by Gasteiger charge is 2.15. The first-order chi connectivity index (χ1) is 7.77. The Balaban J connectivity index is 2.04. The minimum atomic E-state index is -0.222. The number of rotatable bonds is 2. The van der Waals surface area contributed by atoms with Gasteiger partial charge in [0, 0.05) is 0 Å². The summed E-state index contributed by atoms with van der Waals surface area (Å²) in [5.74, 6) is 0.173. The highest BCUT2D eigenvalue weighted by molar-refractivity contribution is 5.30. The lowest BCUT2D eigenvalue weighted by molar-refractivity contribution is 0.179. The van der Waals surface area contributed by atoms with E-state index in [4.69, 9.17) is 4.74 Å². The van der Waals surface area contributed by atoms with E-state index in [2.05, 4.69) is 5.32 Å². The number of halogens is 1. The molecule has 1 aromatic rings. The van der Waals surface area contributed by atoms with Crippen LogP contribution in [0.3, 0.4) is 0 Å². The molecule has 1 aromatic carbocycles. The second kappa shape index (κ2) is 5.30. The molecule has 0 aliphatic carbocycles. The number of ether oxygens (including phenoxy) is 1. The second-order valence-electron chi connectivity index (χ2n) is 4.31. The summed E-state index contributed by atoms with van der Waals surface area (Å²) in [5.41, 5.74) is 0.643. The molecular weight excluding hydrogens is 205 g/mol. The van der Waals surface area contributed by atoms with Gasteiger partial charge in [0.1, 0.15) is 6.10 Å². The average molecular weight is 223 g/mol. The van der Waals surface area contributed by atoms with E-state index in [-0.39, 0.29) is 11.9 Å². The van der Waals surface area contributed by atoms with Gasteiger partial charge < -0.3 is 10.1 Å². The topological polar surface area (TPSA) is 21.3 Å². The summed E-state index contributed by atoms with van der Waals surface area (Å²) >= 11 is 0. The zero-order valence-electron chi connectivity index (χ0n) is 9.63. The van der Waals surface area contributed by atoms with Crippen LogP contribution in [-0.4, -0.2) is 19.2 Å². The predicted molar refractivity (Wildman–Crippen MR) is 62.3 cm³/mol. The van der Waals surface area contributed by atoms with Gasteiger partial charge in [-0.1, -0.05) is 12.1 Å². The molecule has 0 spiro atoms. The van der Waals surface area contributed by atoms with Gasteiger partial charge >= 0.3 is 0 Å². The molecule has 0 bridgehead atoms. The monoisotopic (exact) mass is 223 g/mol. The highest BCUT2D eigenvalue weighted by atomic mass is 19.1. The van der Waals surface area contributed by atoms with Crippen LogP contribution < -0.4 is 10.1 Å². The average Bonchev–Trinajstić information content (AvgIpc) is 2.53. The van der Waals surface area contributed by atoms with Gasteiger partial charge in [0.25, 0.3) is 0 Å². The van der Waals surface area contributed by atoms with Gasteiger partial charge in [-0.05, 0) is 50.9 Å². The Morgan fingerprint density at radius 1 is 1.31 bits per heavy atom. The Labute approximate surface area is 95.8 Å². The lowest BCUT2D eigenvalue weighted by atomic mass is 10.1. The number of benzene rings is 1. The van der Waals surface area contributed by atoms with Crippen LogP contribution in [0.1, 0.15) is 24.8 Å². The fourth-order valence-corrected chi connectivity index (χ4v) is 2.00. The van der Waals surface area contributed by atoms with E-state index in [1.54, 1.807) is 19.1 Å². The van der Waals surface area contributed by atoms with Gasteiger partial charge in [0.05, 0.1) is 0 Å². The Morgan fingerprint density at radius 2 is 2.19 bits per heavy atom. The maximum atomic E-state index is 13.7. The number of hydrogen-bond acceptors (Lipinski definition) is 2. The lowest BCUT2D eigenvalue weighted by Crippen LogP contribution is -2.19. The van der Waals surface area contributed by atoms with Crippen molar-refractivity contribution in [3.63, 3.8) is 0 Å². The fourth-order valence-electron chi connectivity index (χ4n) is 2.00. The van der Waals surface area contributed by atoms with Crippen LogP contribution >= 0.6 is 0 Å². The van der Waals surface area contributed by atoms with Crippen molar-refractivity contribution >= 4 is 0 Å². The first-order valence-electron chi connectivity index (χ1n) is 5.90. The van der Waals surface area contributed by atoms with Crippen molar-refractivity contribution in [2.24, 2.45) is 0 Å². The Hall–Kier alpha value is -1.09. The predicted octanol–water partition coefficient (Wildman–Crippen LogP) is 2.66. The van der Waals surface area contributed by atoms with E-state index >= 15 is 0 Å². The van der Waals surface area contributed by atoms with Crippen molar-refractivity contribution < 1.29 is 9.13 Å². The van der Waals surface area contributed by atoms with Crippen molar-refractivity contribution in [2.45, 2.75) is 32.3 Å². The summed E-state index contributed by atoms with van der Waals surface area (Å²) in [6.07, 6.45) is 3.19. The summed E-state index contributed by atoms with van der Waals surface area (Å²) in [7, 11) is 0.